The first-order valence-corrected chi connectivity index (χ1v) is 16.2. The molecule has 6 rings (SSSR count). The molecule has 2 aliphatic heterocycles. The van der Waals surface area contributed by atoms with Crippen LogP contribution in [0, 0.1) is 11.6 Å². The van der Waals surface area contributed by atoms with Crippen LogP contribution in [-0.2, 0) is 20.0 Å². The van der Waals surface area contributed by atoms with Crippen LogP contribution >= 0.6 is 15.9 Å². The van der Waals surface area contributed by atoms with Crippen LogP contribution in [0.5, 0.6) is 11.5 Å². The van der Waals surface area contributed by atoms with Crippen molar-refractivity contribution in [2.24, 2.45) is 0 Å². The number of fused-ring (bicyclic) bond motifs is 2. The van der Waals surface area contributed by atoms with E-state index in [9.17, 15) is 25.6 Å². The summed E-state index contributed by atoms with van der Waals surface area (Å²) in [6.07, 6.45) is 0. The van der Waals surface area contributed by atoms with Gasteiger partial charge in [-0.05, 0) is 84.9 Å². The van der Waals surface area contributed by atoms with E-state index in [0.29, 0.717) is 28.6 Å². The van der Waals surface area contributed by atoms with Crippen molar-refractivity contribution in [1.82, 2.24) is 0 Å². The summed E-state index contributed by atoms with van der Waals surface area (Å²) >= 11 is 3.32. The highest BCUT2D eigenvalue weighted by atomic mass is 79.9. The molecule has 42 heavy (non-hydrogen) atoms. The quantitative estimate of drug-likeness (QED) is 0.296. The van der Waals surface area contributed by atoms with E-state index in [1.54, 1.807) is 36.4 Å². The fourth-order valence-electron chi connectivity index (χ4n) is 4.34. The fraction of sp³-hybridized carbons (Fsp3) is 0.143. The molecule has 0 aliphatic carbocycles. The van der Waals surface area contributed by atoms with E-state index >= 15 is 0 Å². The van der Waals surface area contributed by atoms with Gasteiger partial charge >= 0.3 is 0 Å². The SMILES string of the molecule is Nc1ccc2c(c1)N(S(=O)(=O)c1ccc(F)cc1)CCO2.O=S(=O)(c1ccc(F)cc1)N1CCOc2ccc(Br)cc21. The maximum atomic E-state index is 13.0. The normalized spacial score (nSPS) is 14.5. The predicted molar refractivity (Wildman–Crippen MR) is 158 cm³/mol. The molecule has 0 unspecified atom stereocenters. The first-order valence-electron chi connectivity index (χ1n) is 12.5. The number of rotatable bonds is 4. The van der Waals surface area contributed by atoms with Gasteiger partial charge in [-0.3, -0.25) is 8.61 Å². The van der Waals surface area contributed by atoms with Crippen molar-refractivity contribution in [2.45, 2.75) is 9.79 Å². The number of hydrogen-bond acceptors (Lipinski definition) is 7. The molecule has 0 aromatic heterocycles. The zero-order valence-corrected chi connectivity index (χ0v) is 25.0. The van der Waals surface area contributed by atoms with E-state index in [1.165, 1.54) is 32.9 Å². The molecule has 0 saturated carbocycles. The van der Waals surface area contributed by atoms with Gasteiger partial charge in [0, 0.05) is 10.2 Å². The zero-order valence-electron chi connectivity index (χ0n) is 21.8. The molecule has 9 nitrogen and oxygen atoms in total. The van der Waals surface area contributed by atoms with Crippen LogP contribution in [-0.4, -0.2) is 43.1 Å². The Morgan fingerprint density at radius 3 is 1.55 bits per heavy atom. The molecule has 0 atom stereocenters. The molecule has 0 amide bonds. The minimum Gasteiger partial charge on any atom is -0.489 e. The molecule has 2 heterocycles. The van der Waals surface area contributed by atoms with E-state index in [2.05, 4.69) is 15.9 Å². The minimum absolute atomic E-state index is 0.0270. The van der Waals surface area contributed by atoms with Crippen molar-refractivity contribution in [1.29, 1.82) is 0 Å². The number of ether oxygens (including phenoxy) is 2. The third kappa shape index (κ3) is 6.01. The third-order valence-electron chi connectivity index (χ3n) is 6.35. The van der Waals surface area contributed by atoms with Crippen LogP contribution in [0.15, 0.2) is 99.2 Å². The molecule has 0 saturated heterocycles. The van der Waals surface area contributed by atoms with Crippen LogP contribution in [0.4, 0.5) is 25.8 Å². The molecule has 2 aliphatic rings. The van der Waals surface area contributed by atoms with Crippen LogP contribution in [0.25, 0.3) is 0 Å². The van der Waals surface area contributed by atoms with Gasteiger partial charge in [-0.2, -0.15) is 0 Å². The highest BCUT2D eigenvalue weighted by molar-refractivity contribution is 9.10. The fourth-order valence-corrected chi connectivity index (χ4v) is 7.59. The van der Waals surface area contributed by atoms with Crippen molar-refractivity contribution >= 4 is 53.0 Å². The molecule has 0 fully saturated rings. The number of benzene rings is 4. The Balaban J connectivity index is 0.000000168. The molecule has 14 heteroatoms. The van der Waals surface area contributed by atoms with E-state index in [-0.39, 0.29) is 36.1 Å². The number of nitrogens with two attached hydrogens (primary N) is 1. The van der Waals surface area contributed by atoms with E-state index in [1.807, 2.05) is 0 Å². The van der Waals surface area contributed by atoms with Crippen LogP contribution in [0.3, 0.4) is 0 Å². The lowest BCUT2D eigenvalue weighted by molar-refractivity contribution is 0.315. The van der Waals surface area contributed by atoms with Gasteiger partial charge in [-0.1, -0.05) is 15.9 Å². The molecule has 4 aromatic carbocycles. The molecule has 0 radical (unpaired) electrons. The van der Waals surface area contributed by atoms with Crippen LogP contribution < -0.4 is 23.8 Å². The Bertz CT molecular complexity index is 1690. The van der Waals surface area contributed by atoms with Crippen molar-refractivity contribution in [3.05, 3.63) is 101 Å². The summed E-state index contributed by atoms with van der Waals surface area (Å²) < 4.78 is 90.9. The summed E-state index contributed by atoms with van der Waals surface area (Å²) in [4.78, 5) is 0.0795. The highest BCUT2D eigenvalue weighted by Gasteiger charge is 2.31. The first kappa shape index (κ1) is 29.6. The average Bonchev–Trinajstić information content (AvgIpc) is 2.97. The van der Waals surface area contributed by atoms with Gasteiger partial charge < -0.3 is 15.2 Å². The summed E-state index contributed by atoms with van der Waals surface area (Å²) in [5.41, 5.74) is 7.03. The molecule has 220 valence electrons. The van der Waals surface area contributed by atoms with Gasteiger partial charge in [0.2, 0.25) is 0 Å². The smallest absolute Gasteiger partial charge is 0.264 e. The van der Waals surface area contributed by atoms with Gasteiger partial charge in [0.15, 0.2) is 0 Å². The number of anilines is 3. The minimum atomic E-state index is -3.78. The molecule has 4 aromatic rings. The third-order valence-corrected chi connectivity index (χ3v) is 10.5. The van der Waals surface area contributed by atoms with Gasteiger partial charge in [0.25, 0.3) is 20.0 Å². The first-order chi connectivity index (χ1) is 20.0. The van der Waals surface area contributed by atoms with E-state index in [4.69, 9.17) is 15.2 Å². The lowest BCUT2D eigenvalue weighted by Crippen LogP contribution is -2.37. The lowest BCUT2D eigenvalue weighted by Gasteiger charge is -2.30. The number of halogens is 3. The summed E-state index contributed by atoms with van der Waals surface area (Å²) in [5.74, 6) is 0.0101. The Hall–Kier alpha value is -3.88. The van der Waals surface area contributed by atoms with E-state index in [0.717, 1.165) is 28.7 Å². The van der Waals surface area contributed by atoms with Crippen molar-refractivity contribution in [2.75, 3.05) is 40.6 Å². The largest absolute Gasteiger partial charge is 0.489 e. The second kappa shape index (κ2) is 11.8. The maximum absolute atomic E-state index is 13.0. The molecule has 0 spiro atoms. The topological polar surface area (TPSA) is 119 Å². The summed E-state index contributed by atoms with van der Waals surface area (Å²) in [5, 5.41) is 0. The second-order valence-electron chi connectivity index (χ2n) is 9.10. The van der Waals surface area contributed by atoms with Gasteiger partial charge in [-0.15, -0.1) is 0 Å². The second-order valence-corrected chi connectivity index (χ2v) is 13.7. The summed E-state index contributed by atoms with van der Waals surface area (Å²) in [7, 11) is -7.52. The van der Waals surface area contributed by atoms with Gasteiger partial charge in [-0.25, -0.2) is 25.6 Å². The monoisotopic (exact) mass is 679 g/mol. The molecular formula is C28H24BrF2N3O6S2. The number of nitrogens with zero attached hydrogens (tertiary/aromatic N) is 2. The highest BCUT2D eigenvalue weighted by Crippen LogP contribution is 2.38. The standard InChI is InChI=1S/C14H11BrFNO3S.C14H13FN2O3S/c15-10-1-6-14-13(9-10)17(7-8-20-14)21(18,19)12-4-2-11(16)3-5-12;15-10-1-4-12(5-2-10)21(18,19)17-7-8-20-14-6-3-11(16)9-13(14)17/h1-6,9H,7-8H2;1-6,9H,7-8,16H2. The Morgan fingerprint density at radius 1 is 0.643 bits per heavy atom. The lowest BCUT2D eigenvalue weighted by atomic mass is 10.2. The van der Waals surface area contributed by atoms with Crippen LogP contribution in [0.2, 0.25) is 0 Å². The maximum Gasteiger partial charge on any atom is 0.264 e. The molecular weight excluding hydrogens is 656 g/mol. The van der Waals surface area contributed by atoms with Crippen molar-refractivity contribution in [3.63, 3.8) is 0 Å². The van der Waals surface area contributed by atoms with E-state index < -0.39 is 31.7 Å². The zero-order chi connectivity index (χ0) is 30.1. The number of hydrogen-bond donors (Lipinski definition) is 1. The molecule has 2 N–H and O–H groups in total. The predicted octanol–water partition coefficient (Wildman–Crippen LogP) is 5.17. The summed E-state index contributed by atoms with van der Waals surface area (Å²) in [6, 6.07) is 19.5. The van der Waals surface area contributed by atoms with Crippen LogP contribution in [0.1, 0.15) is 0 Å². The van der Waals surface area contributed by atoms with Gasteiger partial charge in [0.1, 0.15) is 36.3 Å². The van der Waals surface area contributed by atoms with Gasteiger partial charge in [0.05, 0.1) is 34.3 Å². The number of sulfonamides is 2. The Labute approximate surface area is 250 Å². The Kier molecular flexibility index (Phi) is 8.30. The average molecular weight is 681 g/mol. The molecule has 0 bridgehead atoms. The summed E-state index contributed by atoms with van der Waals surface area (Å²) in [6.45, 7) is 0.908. The van der Waals surface area contributed by atoms with Crippen molar-refractivity contribution in [3.8, 4) is 11.5 Å². The number of nitrogen functional groups attached to an aromatic ring is 1. The Morgan fingerprint density at radius 2 is 1.07 bits per heavy atom. The van der Waals surface area contributed by atoms with Crippen molar-refractivity contribution < 1.29 is 35.1 Å².